The molecule has 0 unspecified atom stereocenters. The topological polar surface area (TPSA) is 87.8 Å². The summed E-state index contributed by atoms with van der Waals surface area (Å²) in [5.41, 5.74) is 7.01. The van der Waals surface area contributed by atoms with Crippen LogP contribution < -0.4 is 10.5 Å². The Morgan fingerprint density at radius 3 is 2.56 bits per heavy atom. The molecule has 27 heavy (non-hydrogen) atoms. The van der Waals surface area contributed by atoms with E-state index in [1.165, 1.54) is 7.11 Å². The number of hydrogen-bond donors (Lipinski definition) is 1. The predicted octanol–water partition coefficient (Wildman–Crippen LogP) is 3.86. The summed E-state index contributed by atoms with van der Waals surface area (Å²) < 4.78 is 15.9. The van der Waals surface area contributed by atoms with Gasteiger partial charge in [0.2, 0.25) is 5.88 Å². The fraction of sp³-hybridized carbons (Fsp3) is 0.368. The average Bonchev–Trinajstić information content (AvgIpc) is 2.63. The Balaban J connectivity index is 2.21. The molecular formula is C19H19Cl2NO5. The zero-order chi connectivity index (χ0) is 19.7. The third kappa shape index (κ3) is 3.51. The number of hydrogen-bond acceptors (Lipinski definition) is 6. The molecule has 1 atom stereocenters. The van der Waals surface area contributed by atoms with E-state index in [0.29, 0.717) is 48.5 Å². The number of halogens is 2. The van der Waals surface area contributed by atoms with Crippen LogP contribution in [0.25, 0.3) is 0 Å². The molecule has 2 N–H and O–H groups in total. The molecule has 0 aromatic heterocycles. The van der Waals surface area contributed by atoms with Crippen molar-refractivity contribution in [2.45, 2.75) is 32.1 Å². The van der Waals surface area contributed by atoms with Gasteiger partial charge in [-0.05, 0) is 31.0 Å². The first-order valence-corrected chi connectivity index (χ1v) is 9.28. The summed E-state index contributed by atoms with van der Waals surface area (Å²) in [6.07, 6.45) is 1.59. The fourth-order valence-corrected chi connectivity index (χ4v) is 4.04. The lowest BCUT2D eigenvalue weighted by Crippen LogP contribution is -2.31. The second-order valence-electron chi connectivity index (χ2n) is 6.16. The fourth-order valence-electron chi connectivity index (χ4n) is 3.43. The first-order valence-electron chi connectivity index (χ1n) is 8.52. The van der Waals surface area contributed by atoms with Gasteiger partial charge in [-0.1, -0.05) is 23.2 Å². The lowest BCUT2D eigenvalue weighted by atomic mass is 9.77. The molecule has 6 nitrogen and oxygen atoms in total. The van der Waals surface area contributed by atoms with Gasteiger partial charge in [0.1, 0.15) is 11.3 Å². The molecule has 0 amide bonds. The Hall–Kier alpha value is -2.18. The van der Waals surface area contributed by atoms with Gasteiger partial charge < -0.3 is 19.9 Å². The van der Waals surface area contributed by atoms with E-state index in [1.807, 2.05) is 6.92 Å². The van der Waals surface area contributed by atoms with Crippen LogP contribution in [0.15, 0.2) is 34.9 Å². The number of allylic oxidation sites excluding steroid dienone is 2. The van der Waals surface area contributed by atoms with Crippen molar-refractivity contribution >= 4 is 35.0 Å². The monoisotopic (exact) mass is 411 g/mol. The Morgan fingerprint density at radius 1 is 1.30 bits per heavy atom. The first-order chi connectivity index (χ1) is 12.9. The Morgan fingerprint density at radius 2 is 1.96 bits per heavy atom. The highest BCUT2D eigenvalue weighted by Gasteiger charge is 2.41. The van der Waals surface area contributed by atoms with Crippen LogP contribution in [0.2, 0.25) is 10.0 Å². The van der Waals surface area contributed by atoms with Crippen LogP contribution in [0.3, 0.4) is 0 Å². The van der Waals surface area contributed by atoms with Gasteiger partial charge in [-0.15, -0.1) is 0 Å². The van der Waals surface area contributed by atoms with Crippen LogP contribution in [-0.2, 0) is 19.1 Å². The van der Waals surface area contributed by atoms with Crippen molar-refractivity contribution in [1.82, 2.24) is 0 Å². The SMILES string of the molecule is CCOc1c(Cl)cc([C@@H]2C(C(=O)OC)=C(N)OC3=C2C(=O)CCC3)cc1Cl. The molecule has 0 bridgehead atoms. The van der Waals surface area contributed by atoms with Crippen LogP contribution >= 0.6 is 23.2 Å². The van der Waals surface area contributed by atoms with E-state index < -0.39 is 11.9 Å². The van der Waals surface area contributed by atoms with E-state index in [-0.39, 0.29) is 27.3 Å². The quantitative estimate of drug-likeness (QED) is 0.756. The van der Waals surface area contributed by atoms with Crippen LogP contribution in [-0.4, -0.2) is 25.5 Å². The van der Waals surface area contributed by atoms with Gasteiger partial charge in [-0.2, -0.15) is 0 Å². The van der Waals surface area contributed by atoms with Crippen molar-refractivity contribution in [2.24, 2.45) is 5.73 Å². The number of methoxy groups -OCH3 is 1. The van der Waals surface area contributed by atoms with E-state index in [2.05, 4.69) is 0 Å². The standard InChI is InChI=1S/C19H19Cl2NO5/c1-3-26-17-10(20)7-9(8-11(17)21)14-15-12(23)5-4-6-13(15)27-18(22)16(14)19(24)25-2/h7-8,14H,3-6,22H2,1-2H3/t14-/m0/s1. The van der Waals surface area contributed by atoms with Crippen LogP contribution in [0, 0.1) is 0 Å². The Labute approximate surface area is 166 Å². The number of rotatable bonds is 4. The van der Waals surface area contributed by atoms with Gasteiger partial charge in [0.15, 0.2) is 11.5 Å². The van der Waals surface area contributed by atoms with E-state index in [9.17, 15) is 9.59 Å². The summed E-state index contributed by atoms with van der Waals surface area (Å²) in [5, 5.41) is 0.554. The molecule has 0 fully saturated rings. The number of ketones is 1. The minimum Gasteiger partial charge on any atom is -0.491 e. The molecule has 1 heterocycles. The van der Waals surface area contributed by atoms with E-state index in [4.69, 9.17) is 43.1 Å². The maximum atomic E-state index is 12.7. The second-order valence-corrected chi connectivity index (χ2v) is 6.98. The van der Waals surface area contributed by atoms with E-state index in [0.717, 1.165) is 0 Å². The summed E-state index contributed by atoms with van der Waals surface area (Å²) in [5.74, 6) is -0.805. The molecule has 0 radical (unpaired) electrons. The smallest absolute Gasteiger partial charge is 0.340 e. The largest absolute Gasteiger partial charge is 0.491 e. The third-order valence-corrected chi connectivity index (χ3v) is 5.09. The summed E-state index contributed by atoms with van der Waals surface area (Å²) >= 11 is 12.7. The van der Waals surface area contributed by atoms with Crippen molar-refractivity contribution in [1.29, 1.82) is 0 Å². The van der Waals surface area contributed by atoms with E-state index in [1.54, 1.807) is 12.1 Å². The molecule has 1 aliphatic heterocycles. The van der Waals surface area contributed by atoms with Gasteiger partial charge >= 0.3 is 5.97 Å². The minimum absolute atomic E-state index is 0.0581. The highest BCUT2D eigenvalue weighted by atomic mass is 35.5. The lowest BCUT2D eigenvalue weighted by Gasteiger charge is -2.32. The van der Waals surface area contributed by atoms with Crippen molar-refractivity contribution in [3.8, 4) is 5.75 Å². The molecule has 1 aromatic rings. The van der Waals surface area contributed by atoms with Gasteiger partial charge in [0.05, 0.1) is 29.7 Å². The normalized spacial score (nSPS) is 19.6. The molecule has 0 saturated heterocycles. The number of ether oxygens (including phenoxy) is 3. The molecule has 2 aliphatic rings. The van der Waals surface area contributed by atoms with Crippen molar-refractivity contribution in [2.75, 3.05) is 13.7 Å². The Bertz CT molecular complexity index is 852. The molecule has 8 heteroatoms. The van der Waals surface area contributed by atoms with Gasteiger partial charge in [0.25, 0.3) is 0 Å². The van der Waals surface area contributed by atoms with Gasteiger partial charge in [0, 0.05) is 18.4 Å². The molecule has 3 rings (SSSR count). The minimum atomic E-state index is -0.764. The third-order valence-electron chi connectivity index (χ3n) is 4.53. The zero-order valence-electron chi connectivity index (χ0n) is 14.9. The molecule has 0 spiro atoms. The number of carbonyl (C=O) groups excluding carboxylic acids is 2. The zero-order valence-corrected chi connectivity index (χ0v) is 16.4. The summed E-state index contributed by atoms with van der Waals surface area (Å²) in [6, 6.07) is 3.24. The first kappa shape index (κ1) is 19.6. The summed E-state index contributed by atoms with van der Waals surface area (Å²) in [6.45, 7) is 2.21. The number of esters is 1. The highest BCUT2D eigenvalue weighted by Crippen LogP contribution is 2.46. The van der Waals surface area contributed by atoms with Gasteiger partial charge in [-0.25, -0.2) is 4.79 Å². The number of carbonyl (C=O) groups is 2. The number of Topliss-reactive ketones (excluding diaryl/α,β-unsaturated/α-hetero) is 1. The molecule has 1 aliphatic carbocycles. The van der Waals surface area contributed by atoms with Crippen molar-refractivity contribution < 1.29 is 23.8 Å². The van der Waals surface area contributed by atoms with E-state index >= 15 is 0 Å². The highest BCUT2D eigenvalue weighted by molar-refractivity contribution is 6.37. The molecular weight excluding hydrogens is 393 g/mol. The summed E-state index contributed by atoms with van der Waals surface area (Å²) in [4.78, 5) is 25.1. The predicted molar refractivity (Wildman–Crippen MR) is 101 cm³/mol. The Kier molecular flexibility index (Phi) is 5.67. The maximum absolute atomic E-state index is 12.7. The maximum Gasteiger partial charge on any atom is 0.340 e. The molecule has 144 valence electrons. The average molecular weight is 412 g/mol. The lowest BCUT2D eigenvalue weighted by molar-refractivity contribution is -0.136. The van der Waals surface area contributed by atoms with Crippen LogP contribution in [0.5, 0.6) is 5.75 Å². The summed E-state index contributed by atoms with van der Waals surface area (Å²) in [7, 11) is 1.24. The number of benzene rings is 1. The van der Waals surface area contributed by atoms with Crippen molar-refractivity contribution in [3.05, 3.63) is 50.5 Å². The van der Waals surface area contributed by atoms with Crippen LogP contribution in [0.4, 0.5) is 0 Å². The molecule has 1 aromatic carbocycles. The molecule has 0 saturated carbocycles. The number of nitrogens with two attached hydrogens (primary N) is 1. The van der Waals surface area contributed by atoms with Crippen molar-refractivity contribution in [3.63, 3.8) is 0 Å². The second kappa shape index (κ2) is 7.82. The van der Waals surface area contributed by atoms with Crippen LogP contribution in [0.1, 0.15) is 37.7 Å². The van der Waals surface area contributed by atoms with Gasteiger partial charge in [-0.3, -0.25) is 4.79 Å².